The molecule has 0 aromatic rings. The van der Waals surface area contributed by atoms with Crippen molar-refractivity contribution in [2.75, 3.05) is 0 Å². The Bertz CT molecular complexity index is 202. The Kier molecular flexibility index (Phi) is 1.68. The molecule has 11 heavy (non-hydrogen) atoms. The molecule has 0 spiro atoms. The van der Waals surface area contributed by atoms with Crippen molar-refractivity contribution in [3.05, 3.63) is 12.3 Å². The summed E-state index contributed by atoms with van der Waals surface area (Å²) in [6.45, 7) is 2.22. The van der Waals surface area contributed by atoms with E-state index in [-0.39, 0.29) is 0 Å². The fourth-order valence-electron chi connectivity index (χ4n) is 1.25. The molecule has 0 bridgehead atoms. The van der Waals surface area contributed by atoms with Crippen LogP contribution in [0, 0.1) is 5.92 Å². The van der Waals surface area contributed by atoms with Crippen LogP contribution in [-0.4, -0.2) is 11.9 Å². The molecule has 1 aliphatic heterocycles. The Labute approximate surface area is 67.4 Å². The minimum absolute atomic E-state index is 0.649. The standard InChI is InChI=1S/C9H14N2/c1-7-4-5-10-9(6-7)11-8-2-3-8/h4-5,7-8H,2-3,6H2,1H3,(H,10,11). The maximum absolute atomic E-state index is 4.55. The molecular weight excluding hydrogens is 136 g/mol. The lowest BCUT2D eigenvalue weighted by Gasteiger charge is -2.14. The third-order valence-electron chi connectivity index (χ3n) is 2.08. The summed E-state index contributed by atoms with van der Waals surface area (Å²) in [5.74, 6) is 1.84. The summed E-state index contributed by atoms with van der Waals surface area (Å²) < 4.78 is 0. The van der Waals surface area contributed by atoms with Gasteiger partial charge in [0.05, 0.1) is 6.04 Å². The topological polar surface area (TPSA) is 24.4 Å². The van der Waals surface area contributed by atoms with Crippen molar-refractivity contribution in [3.63, 3.8) is 0 Å². The molecule has 60 valence electrons. The van der Waals surface area contributed by atoms with Gasteiger partial charge in [-0.3, -0.25) is 4.99 Å². The lowest BCUT2D eigenvalue weighted by Crippen LogP contribution is -2.24. The second-order valence-corrected chi connectivity index (χ2v) is 3.49. The first-order valence-electron chi connectivity index (χ1n) is 4.34. The van der Waals surface area contributed by atoms with Gasteiger partial charge in [0.2, 0.25) is 0 Å². The zero-order chi connectivity index (χ0) is 7.68. The predicted octanol–water partition coefficient (Wildman–Crippen LogP) is 1.69. The second-order valence-electron chi connectivity index (χ2n) is 3.49. The maximum Gasteiger partial charge on any atom is 0.101 e. The van der Waals surface area contributed by atoms with E-state index in [1.54, 1.807) is 0 Å². The Morgan fingerprint density at radius 2 is 2.36 bits per heavy atom. The number of aliphatic imine (C=N–C) groups is 1. The smallest absolute Gasteiger partial charge is 0.101 e. The molecule has 1 atom stereocenters. The molecule has 2 aliphatic rings. The van der Waals surface area contributed by atoms with Crippen LogP contribution < -0.4 is 5.32 Å². The summed E-state index contributed by atoms with van der Waals surface area (Å²) >= 11 is 0. The summed E-state index contributed by atoms with van der Waals surface area (Å²) in [6, 6.07) is 0.649. The van der Waals surface area contributed by atoms with E-state index in [1.807, 2.05) is 6.20 Å². The van der Waals surface area contributed by atoms with Gasteiger partial charge in [-0.25, -0.2) is 0 Å². The van der Waals surface area contributed by atoms with E-state index < -0.39 is 0 Å². The fraction of sp³-hybridized carbons (Fsp3) is 0.667. The van der Waals surface area contributed by atoms with E-state index in [4.69, 9.17) is 0 Å². The van der Waals surface area contributed by atoms with E-state index in [9.17, 15) is 0 Å². The number of nitrogens with zero attached hydrogens (tertiary/aromatic N) is 1. The van der Waals surface area contributed by atoms with Gasteiger partial charge in [-0.1, -0.05) is 13.0 Å². The average molecular weight is 150 g/mol. The minimum atomic E-state index is 0.649. The number of hydrogen-bond acceptors (Lipinski definition) is 1. The third kappa shape index (κ3) is 1.82. The molecule has 2 heteroatoms. The first kappa shape index (κ1) is 6.89. The third-order valence-corrected chi connectivity index (χ3v) is 2.08. The van der Waals surface area contributed by atoms with Crippen LogP contribution in [0.15, 0.2) is 17.3 Å². The zero-order valence-electron chi connectivity index (χ0n) is 6.88. The quantitative estimate of drug-likeness (QED) is 0.604. The van der Waals surface area contributed by atoms with Gasteiger partial charge >= 0.3 is 0 Å². The van der Waals surface area contributed by atoms with Crippen LogP contribution in [0.5, 0.6) is 0 Å². The number of amidine groups is 1. The molecule has 1 fully saturated rings. The molecule has 1 saturated carbocycles. The second kappa shape index (κ2) is 2.68. The number of nitrogens with one attached hydrogen (secondary N) is 1. The number of rotatable bonds is 1. The van der Waals surface area contributed by atoms with Crippen LogP contribution in [0.4, 0.5) is 0 Å². The summed E-state index contributed by atoms with van der Waals surface area (Å²) in [5.41, 5.74) is 0. The summed E-state index contributed by atoms with van der Waals surface area (Å²) in [5, 5.41) is 3.19. The van der Waals surface area contributed by atoms with E-state index in [1.165, 1.54) is 18.7 Å². The maximum atomic E-state index is 4.55. The molecule has 1 N–H and O–H groups in total. The Morgan fingerprint density at radius 1 is 1.55 bits per heavy atom. The van der Waals surface area contributed by atoms with Crippen molar-refractivity contribution in [1.29, 1.82) is 0 Å². The molecule has 0 amide bonds. The molecule has 2 rings (SSSR count). The van der Waals surface area contributed by atoms with Crippen molar-refractivity contribution in [2.45, 2.75) is 32.2 Å². The van der Waals surface area contributed by atoms with Crippen LogP contribution in [0.3, 0.4) is 0 Å². The van der Waals surface area contributed by atoms with Gasteiger partial charge in [-0.2, -0.15) is 0 Å². The number of allylic oxidation sites excluding steroid dienone is 1. The predicted molar refractivity (Wildman–Crippen MR) is 46.5 cm³/mol. The van der Waals surface area contributed by atoms with Crippen molar-refractivity contribution in [2.24, 2.45) is 10.9 Å². The first-order chi connectivity index (χ1) is 5.34. The average Bonchev–Trinajstić information content (AvgIpc) is 2.71. The SMILES string of the molecule is CC1C=CNC(=NC2CC2)C1. The Morgan fingerprint density at radius 3 is 3.00 bits per heavy atom. The van der Waals surface area contributed by atoms with Crippen LogP contribution in [-0.2, 0) is 0 Å². The number of hydrogen-bond donors (Lipinski definition) is 1. The highest BCUT2D eigenvalue weighted by Gasteiger charge is 2.21. The molecule has 1 unspecified atom stereocenters. The normalized spacial score (nSPS) is 33.9. The van der Waals surface area contributed by atoms with Gasteiger partial charge in [0.1, 0.15) is 5.84 Å². The van der Waals surface area contributed by atoms with Crippen LogP contribution in [0.25, 0.3) is 0 Å². The lowest BCUT2D eigenvalue weighted by molar-refractivity contribution is 0.726. The summed E-state index contributed by atoms with van der Waals surface area (Å²) in [6.07, 6.45) is 7.88. The van der Waals surface area contributed by atoms with Crippen molar-refractivity contribution >= 4 is 5.84 Å². The molecule has 1 aliphatic carbocycles. The van der Waals surface area contributed by atoms with Gasteiger partial charge in [0.15, 0.2) is 0 Å². The molecule has 0 radical (unpaired) electrons. The van der Waals surface area contributed by atoms with Crippen LogP contribution >= 0.6 is 0 Å². The summed E-state index contributed by atoms with van der Waals surface area (Å²) in [7, 11) is 0. The van der Waals surface area contributed by atoms with E-state index in [0.29, 0.717) is 12.0 Å². The molecule has 0 aromatic carbocycles. The van der Waals surface area contributed by atoms with Gasteiger partial charge in [-0.15, -0.1) is 0 Å². The van der Waals surface area contributed by atoms with Gasteiger partial charge in [0.25, 0.3) is 0 Å². The molecule has 1 heterocycles. The zero-order valence-corrected chi connectivity index (χ0v) is 6.88. The largest absolute Gasteiger partial charge is 0.351 e. The monoisotopic (exact) mass is 150 g/mol. The van der Waals surface area contributed by atoms with Crippen LogP contribution in [0.1, 0.15) is 26.2 Å². The first-order valence-corrected chi connectivity index (χ1v) is 4.34. The molecule has 0 aromatic heterocycles. The minimum Gasteiger partial charge on any atom is -0.351 e. The fourth-order valence-corrected chi connectivity index (χ4v) is 1.25. The van der Waals surface area contributed by atoms with Gasteiger partial charge in [0, 0.05) is 6.42 Å². The van der Waals surface area contributed by atoms with Crippen molar-refractivity contribution in [1.82, 2.24) is 5.32 Å². The van der Waals surface area contributed by atoms with Crippen LogP contribution in [0.2, 0.25) is 0 Å². The van der Waals surface area contributed by atoms with Crippen molar-refractivity contribution < 1.29 is 0 Å². The highest BCUT2D eigenvalue weighted by Crippen LogP contribution is 2.24. The summed E-state index contributed by atoms with van der Waals surface area (Å²) in [4.78, 5) is 4.55. The Hall–Kier alpha value is -0.790. The highest BCUT2D eigenvalue weighted by atomic mass is 15.0. The van der Waals surface area contributed by atoms with Gasteiger partial charge in [-0.05, 0) is 25.0 Å². The lowest BCUT2D eigenvalue weighted by atomic mass is 10.1. The molecular formula is C9H14N2. The van der Waals surface area contributed by atoms with E-state index in [0.717, 1.165) is 6.42 Å². The molecule has 2 nitrogen and oxygen atoms in total. The van der Waals surface area contributed by atoms with Crippen molar-refractivity contribution in [3.8, 4) is 0 Å². The highest BCUT2D eigenvalue weighted by molar-refractivity contribution is 5.84. The van der Waals surface area contributed by atoms with Gasteiger partial charge < -0.3 is 5.32 Å². The Balaban J connectivity index is 1.98. The van der Waals surface area contributed by atoms with E-state index >= 15 is 0 Å². The molecule has 0 saturated heterocycles. The van der Waals surface area contributed by atoms with E-state index in [2.05, 4.69) is 23.3 Å².